The molecule has 1 heterocycles. The van der Waals surface area contributed by atoms with E-state index in [9.17, 15) is 0 Å². The van der Waals surface area contributed by atoms with Crippen molar-refractivity contribution in [3.63, 3.8) is 0 Å². The third-order valence-electron chi connectivity index (χ3n) is 3.26. The van der Waals surface area contributed by atoms with Gasteiger partial charge >= 0.3 is 0 Å². The van der Waals surface area contributed by atoms with E-state index >= 15 is 0 Å². The van der Waals surface area contributed by atoms with Gasteiger partial charge in [-0.05, 0) is 47.5 Å². The highest BCUT2D eigenvalue weighted by Gasteiger charge is 2.27. The molecule has 0 atom stereocenters. The van der Waals surface area contributed by atoms with Crippen molar-refractivity contribution in [1.82, 2.24) is 9.97 Å². The summed E-state index contributed by atoms with van der Waals surface area (Å²) >= 11 is 3.44. The molecule has 2 aliphatic rings. The largest absolute Gasteiger partial charge is 0.379 e. The molecule has 0 bridgehead atoms. The molecule has 1 aromatic rings. The molecule has 0 aliphatic heterocycles. The molecule has 1 aromatic heterocycles. The molecule has 5 heteroatoms. The third-order valence-corrected chi connectivity index (χ3v) is 3.66. The fraction of sp³-hybridized carbons (Fsp3) is 0.692. The second-order valence-corrected chi connectivity index (χ2v) is 5.97. The Bertz CT molecular complexity index is 419. The van der Waals surface area contributed by atoms with Crippen molar-refractivity contribution in [3.8, 4) is 0 Å². The number of hydrogen-bond acceptors (Lipinski definition) is 4. The highest BCUT2D eigenvalue weighted by molar-refractivity contribution is 9.10. The minimum Gasteiger partial charge on any atom is -0.379 e. The van der Waals surface area contributed by atoms with E-state index in [1.54, 1.807) is 0 Å². The second kappa shape index (κ2) is 5.53. The topological polar surface area (TPSA) is 47.0 Å². The van der Waals surface area contributed by atoms with Gasteiger partial charge in [-0.25, -0.2) is 9.97 Å². The van der Waals surface area contributed by atoms with Crippen molar-refractivity contribution in [2.45, 2.75) is 31.6 Å². The number of ether oxygens (including phenoxy) is 1. The zero-order valence-corrected chi connectivity index (χ0v) is 11.9. The van der Waals surface area contributed by atoms with Crippen molar-refractivity contribution in [2.75, 3.05) is 25.1 Å². The molecule has 98 valence electrons. The van der Waals surface area contributed by atoms with Crippen LogP contribution in [0.1, 0.15) is 37.4 Å². The standard InChI is InChI=1S/C13H18BrN3O/c14-11-7-12(17-13(16-11)10-3-4-10)15-5-6-18-8-9-1-2-9/h7,9-10H,1-6,8H2,(H,15,16,17). The molecular weight excluding hydrogens is 294 g/mol. The first kappa shape index (κ1) is 12.4. The zero-order chi connectivity index (χ0) is 12.4. The molecular formula is C13H18BrN3O. The maximum atomic E-state index is 5.58. The van der Waals surface area contributed by atoms with Gasteiger partial charge < -0.3 is 10.1 Å². The first-order valence-electron chi connectivity index (χ1n) is 6.67. The number of rotatable bonds is 7. The highest BCUT2D eigenvalue weighted by atomic mass is 79.9. The van der Waals surface area contributed by atoms with Crippen LogP contribution in [0, 0.1) is 5.92 Å². The lowest BCUT2D eigenvalue weighted by Crippen LogP contribution is -2.12. The number of nitrogens with one attached hydrogen (secondary N) is 1. The van der Waals surface area contributed by atoms with Gasteiger partial charge in [0.1, 0.15) is 16.2 Å². The Morgan fingerprint density at radius 2 is 2.11 bits per heavy atom. The van der Waals surface area contributed by atoms with Crippen LogP contribution in [0.25, 0.3) is 0 Å². The van der Waals surface area contributed by atoms with Crippen LogP contribution in [-0.2, 0) is 4.74 Å². The Morgan fingerprint density at radius 3 is 2.83 bits per heavy atom. The van der Waals surface area contributed by atoms with Crippen LogP contribution < -0.4 is 5.32 Å². The quantitative estimate of drug-likeness (QED) is 0.621. The molecule has 18 heavy (non-hydrogen) atoms. The van der Waals surface area contributed by atoms with E-state index in [1.165, 1.54) is 25.7 Å². The summed E-state index contributed by atoms with van der Waals surface area (Å²) in [6.45, 7) is 2.47. The van der Waals surface area contributed by atoms with Crippen molar-refractivity contribution in [1.29, 1.82) is 0 Å². The number of halogens is 1. The third kappa shape index (κ3) is 3.65. The average Bonchev–Trinajstić information content (AvgIpc) is 3.21. The minimum atomic E-state index is 0.578. The lowest BCUT2D eigenvalue weighted by Gasteiger charge is -2.08. The van der Waals surface area contributed by atoms with E-state index in [0.29, 0.717) is 5.92 Å². The van der Waals surface area contributed by atoms with Crippen LogP contribution in [0.4, 0.5) is 5.82 Å². The Balaban J connectivity index is 1.45. The van der Waals surface area contributed by atoms with Crippen LogP contribution in [0.15, 0.2) is 10.7 Å². The summed E-state index contributed by atoms with van der Waals surface area (Å²) in [5, 5.41) is 3.30. The zero-order valence-electron chi connectivity index (χ0n) is 10.4. The fourth-order valence-electron chi connectivity index (χ4n) is 1.84. The lowest BCUT2D eigenvalue weighted by molar-refractivity contribution is 0.134. The van der Waals surface area contributed by atoms with E-state index in [2.05, 4.69) is 31.2 Å². The van der Waals surface area contributed by atoms with Gasteiger partial charge in [0, 0.05) is 25.1 Å². The van der Waals surface area contributed by atoms with Crippen LogP contribution in [0.3, 0.4) is 0 Å². The molecule has 0 unspecified atom stereocenters. The lowest BCUT2D eigenvalue weighted by atomic mass is 10.4. The molecule has 2 fully saturated rings. The number of hydrogen-bond donors (Lipinski definition) is 1. The Labute approximate surface area is 116 Å². The molecule has 2 aliphatic carbocycles. The minimum absolute atomic E-state index is 0.578. The summed E-state index contributed by atoms with van der Waals surface area (Å²) in [5.74, 6) is 3.27. The van der Waals surface area contributed by atoms with E-state index in [0.717, 1.165) is 41.9 Å². The number of anilines is 1. The van der Waals surface area contributed by atoms with Gasteiger partial charge in [0.15, 0.2) is 0 Å². The van der Waals surface area contributed by atoms with Gasteiger partial charge in [0.05, 0.1) is 6.61 Å². The van der Waals surface area contributed by atoms with Crippen LogP contribution in [0.5, 0.6) is 0 Å². The maximum Gasteiger partial charge on any atom is 0.135 e. The van der Waals surface area contributed by atoms with Crippen molar-refractivity contribution < 1.29 is 4.74 Å². The maximum absolute atomic E-state index is 5.58. The molecule has 0 radical (unpaired) electrons. The normalized spacial score (nSPS) is 18.9. The summed E-state index contributed by atoms with van der Waals surface area (Å²) in [7, 11) is 0. The Hall–Kier alpha value is -0.680. The Morgan fingerprint density at radius 1 is 1.28 bits per heavy atom. The summed E-state index contributed by atoms with van der Waals surface area (Å²) in [4.78, 5) is 8.94. The van der Waals surface area contributed by atoms with Gasteiger partial charge in [0.25, 0.3) is 0 Å². The van der Waals surface area contributed by atoms with Crippen LogP contribution >= 0.6 is 15.9 Å². The summed E-state index contributed by atoms with van der Waals surface area (Å²) in [5.41, 5.74) is 0. The first-order valence-corrected chi connectivity index (χ1v) is 7.46. The van der Waals surface area contributed by atoms with E-state index in [-0.39, 0.29) is 0 Å². The van der Waals surface area contributed by atoms with Gasteiger partial charge in [-0.2, -0.15) is 0 Å². The van der Waals surface area contributed by atoms with Gasteiger partial charge in [0.2, 0.25) is 0 Å². The van der Waals surface area contributed by atoms with E-state index < -0.39 is 0 Å². The predicted molar refractivity (Wildman–Crippen MR) is 73.7 cm³/mol. The van der Waals surface area contributed by atoms with Gasteiger partial charge in [-0.3, -0.25) is 0 Å². The van der Waals surface area contributed by atoms with Crippen LogP contribution in [0.2, 0.25) is 0 Å². The van der Waals surface area contributed by atoms with Crippen molar-refractivity contribution in [3.05, 3.63) is 16.5 Å². The van der Waals surface area contributed by atoms with Crippen molar-refractivity contribution in [2.24, 2.45) is 5.92 Å². The molecule has 0 spiro atoms. The molecule has 0 saturated heterocycles. The molecule has 2 saturated carbocycles. The Kier molecular flexibility index (Phi) is 3.80. The molecule has 1 N–H and O–H groups in total. The smallest absolute Gasteiger partial charge is 0.135 e. The molecule has 0 amide bonds. The van der Waals surface area contributed by atoms with Gasteiger partial charge in [-0.15, -0.1) is 0 Å². The van der Waals surface area contributed by atoms with E-state index in [1.807, 2.05) is 6.07 Å². The second-order valence-electron chi connectivity index (χ2n) is 5.15. The average molecular weight is 312 g/mol. The molecule has 0 aromatic carbocycles. The summed E-state index contributed by atoms with van der Waals surface area (Å²) in [6, 6.07) is 1.92. The monoisotopic (exact) mass is 311 g/mol. The van der Waals surface area contributed by atoms with Gasteiger partial charge in [-0.1, -0.05) is 0 Å². The SMILES string of the molecule is Brc1cc(NCCOCC2CC2)nc(C2CC2)n1. The predicted octanol–water partition coefficient (Wildman–Crippen LogP) is 2.96. The van der Waals surface area contributed by atoms with Crippen LogP contribution in [-0.4, -0.2) is 29.7 Å². The molecule has 4 nitrogen and oxygen atoms in total. The number of nitrogens with zero attached hydrogens (tertiary/aromatic N) is 2. The molecule has 3 rings (SSSR count). The number of aromatic nitrogens is 2. The fourth-order valence-corrected chi connectivity index (χ4v) is 2.23. The summed E-state index contributed by atoms with van der Waals surface area (Å²) < 4.78 is 6.44. The van der Waals surface area contributed by atoms with Crippen molar-refractivity contribution >= 4 is 21.7 Å². The highest BCUT2D eigenvalue weighted by Crippen LogP contribution is 2.38. The first-order chi connectivity index (χ1) is 8.81. The summed E-state index contributed by atoms with van der Waals surface area (Å²) in [6.07, 6.45) is 5.13. The van der Waals surface area contributed by atoms with E-state index in [4.69, 9.17) is 4.74 Å².